The third-order valence-electron chi connectivity index (χ3n) is 2.40. The fourth-order valence-corrected chi connectivity index (χ4v) is 1.88. The quantitative estimate of drug-likeness (QED) is 0.765. The average Bonchev–Trinajstić information content (AvgIpc) is 2.28. The van der Waals surface area contributed by atoms with Crippen molar-refractivity contribution in [3.05, 3.63) is 28.8 Å². The third kappa shape index (κ3) is 2.46. The summed E-state index contributed by atoms with van der Waals surface area (Å²) in [5.74, 6) is -0.186. The molecule has 4 nitrogen and oxygen atoms in total. The second-order valence-electron chi connectivity index (χ2n) is 3.72. The van der Waals surface area contributed by atoms with E-state index in [4.69, 9.17) is 22.2 Å². The van der Waals surface area contributed by atoms with E-state index in [1.54, 1.807) is 18.2 Å². The lowest BCUT2D eigenvalue weighted by atomic mass is 10.2. The van der Waals surface area contributed by atoms with E-state index in [0.29, 0.717) is 29.4 Å². The molecule has 0 radical (unpaired) electrons. The van der Waals surface area contributed by atoms with Crippen molar-refractivity contribution >= 4 is 23.2 Å². The largest absolute Gasteiger partial charge is 0.399 e. The molecule has 0 spiro atoms. The number of hydrogen-bond acceptors (Lipinski definition) is 3. The van der Waals surface area contributed by atoms with Crippen molar-refractivity contribution in [1.82, 2.24) is 5.06 Å². The molecule has 0 atom stereocenters. The number of halogens is 1. The number of hydroxylamine groups is 2. The van der Waals surface area contributed by atoms with E-state index in [0.717, 1.165) is 12.8 Å². The Morgan fingerprint density at radius 1 is 1.38 bits per heavy atom. The fraction of sp³-hybridized carbons (Fsp3) is 0.364. The van der Waals surface area contributed by atoms with Crippen LogP contribution < -0.4 is 5.73 Å². The van der Waals surface area contributed by atoms with Crippen LogP contribution in [0.1, 0.15) is 23.2 Å². The number of nitrogens with two attached hydrogens (primary N) is 1. The first-order chi connectivity index (χ1) is 7.66. The molecule has 1 aliphatic heterocycles. The minimum atomic E-state index is -0.186. The number of anilines is 1. The maximum Gasteiger partial charge on any atom is 0.277 e. The van der Waals surface area contributed by atoms with Gasteiger partial charge in [0.1, 0.15) is 0 Å². The van der Waals surface area contributed by atoms with Crippen molar-refractivity contribution in [2.75, 3.05) is 18.9 Å². The van der Waals surface area contributed by atoms with Gasteiger partial charge < -0.3 is 5.73 Å². The molecule has 2 N–H and O–H groups in total. The predicted molar refractivity (Wildman–Crippen MR) is 62.1 cm³/mol. The van der Waals surface area contributed by atoms with E-state index in [1.807, 2.05) is 0 Å². The van der Waals surface area contributed by atoms with Crippen LogP contribution in [0.3, 0.4) is 0 Å². The zero-order valence-corrected chi connectivity index (χ0v) is 9.54. The number of nitrogens with zero attached hydrogens (tertiary/aromatic N) is 1. The Hall–Kier alpha value is -1.26. The van der Waals surface area contributed by atoms with Crippen molar-refractivity contribution in [3.8, 4) is 0 Å². The number of amides is 1. The molecule has 0 bridgehead atoms. The smallest absolute Gasteiger partial charge is 0.277 e. The molecular weight excluding hydrogens is 228 g/mol. The van der Waals surface area contributed by atoms with Crippen LogP contribution in [0.5, 0.6) is 0 Å². The van der Waals surface area contributed by atoms with Crippen LogP contribution in [0, 0.1) is 0 Å². The number of benzene rings is 1. The second-order valence-corrected chi connectivity index (χ2v) is 4.16. The molecule has 5 heteroatoms. The molecule has 1 saturated heterocycles. The van der Waals surface area contributed by atoms with Crippen LogP contribution in [-0.4, -0.2) is 24.1 Å². The summed E-state index contributed by atoms with van der Waals surface area (Å²) < 4.78 is 0. The van der Waals surface area contributed by atoms with Gasteiger partial charge in [0, 0.05) is 22.8 Å². The van der Waals surface area contributed by atoms with Crippen LogP contribution >= 0.6 is 11.6 Å². The number of carbonyl (C=O) groups is 1. The highest BCUT2D eigenvalue weighted by molar-refractivity contribution is 6.31. The number of nitrogen functional groups attached to an aromatic ring is 1. The van der Waals surface area contributed by atoms with E-state index >= 15 is 0 Å². The molecule has 0 saturated carbocycles. The van der Waals surface area contributed by atoms with E-state index in [2.05, 4.69) is 0 Å². The standard InChI is InChI=1S/C11H13ClN2O2/c12-9-5-8(6-10(13)7-9)11(15)14-3-1-2-4-16-14/h5-7H,1-4,13H2. The molecule has 1 amide bonds. The molecule has 1 aliphatic rings. The predicted octanol–water partition coefficient (Wildman–Crippen LogP) is 2.09. The third-order valence-corrected chi connectivity index (χ3v) is 2.61. The highest BCUT2D eigenvalue weighted by atomic mass is 35.5. The first-order valence-corrected chi connectivity index (χ1v) is 5.55. The van der Waals surface area contributed by atoms with E-state index in [1.165, 1.54) is 5.06 Å². The summed E-state index contributed by atoms with van der Waals surface area (Å²) in [5, 5.41) is 1.83. The van der Waals surface area contributed by atoms with E-state index in [-0.39, 0.29) is 5.91 Å². The molecule has 1 heterocycles. The van der Waals surface area contributed by atoms with Gasteiger partial charge in [-0.25, -0.2) is 5.06 Å². The minimum Gasteiger partial charge on any atom is -0.399 e. The fourth-order valence-electron chi connectivity index (χ4n) is 1.64. The second kappa shape index (κ2) is 4.72. The summed E-state index contributed by atoms with van der Waals surface area (Å²) >= 11 is 5.84. The number of carbonyl (C=O) groups excluding carboxylic acids is 1. The van der Waals surface area contributed by atoms with Crippen molar-refractivity contribution in [3.63, 3.8) is 0 Å². The summed E-state index contributed by atoms with van der Waals surface area (Å²) in [6.07, 6.45) is 1.95. The minimum absolute atomic E-state index is 0.186. The molecule has 0 aliphatic carbocycles. The number of rotatable bonds is 1. The van der Waals surface area contributed by atoms with Gasteiger partial charge in [-0.15, -0.1) is 0 Å². The zero-order chi connectivity index (χ0) is 11.5. The molecule has 1 fully saturated rings. The van der Waals surface area contributed by atoms with Crippen LogP contribution in [0.25, 0.3) is 0 Å². The van der Waals surface area contributed by atoms with Gasteiger partial charge in [-0.1, -0.05) is 11.6 Å². The number of hydrogen-bond donors (Lipinski definition) is 1. The summed E-state index contributed by atoms with van der Waals surface area (Å²) in [5.41, 5.74) is 6.57. The Labute approximate surface area is 98.9 Å². The maximum atomic E-state index is 12.0. The highest BCUT2D eigenvalue weighted by Crippen LogP contribution is 2.19. The van der Waals surface area contributed by atoms with Gasteiger partial charge in [0.2, 0.25) is 0 Å². The Kier molecular flexibility index (Phi) is 3.31. The summed E-state index contributed by atoms with van der Waals surface area (Å²) in [6.45, 7) is 1.20. The van der Waals surface area contributed by atoms with Gasteiger partial charge in [-0.2, -0.15) is 0 Å². The molecule has 1 aromatic rings. The summed E-state index contributed by atoms with van der Waals surface area (Å²) in [4.78, 5) is 17.3. The van der Waals surface area contributed by atoms with Gasteiger partial charge in [-0.3, -0.25) is 9.63 Å². The Morgan fingerprint density at radius 3 is 2.81 bits per heavy atom. The first kappa shape index (κ1) is 11.2. The Morgan fingerprint density at radius 2 is 2.19 bits per heavy atom. The average molecular weight is 241 g/mol. The molecular formula is C11H13ClN2O2. The molecule has 0 unspecified atom stereocenters. The Bertz CT molecular complexity index is 383. The van der Waals surface area contributed by atoms with E-state index < -0.39 is 0 Å². The topological polar surface area (TPSA) is 55.6 Å². The van der Waals surface area contributed by atoms with Crippen LogP contribution in [0.2, 0.25) is 5.02 Å². The van der Waals surface area contributed by atoms with Crippen molar-refractivity contribution in [1.29, 1.82) is 0 Å². The zero-order valence-electron chi connectivity index (χ0n) is 8.78. The van der Waals surface area contributed by atoms with Gasteiger partial charge in [0.05, 0.1) is 6.61 Å². The molecule has 1 aromatic carbocycles. The lowest BCUT2D eigenvalue weighted by molar-refractivity contribution is -0.144. The molecule has 2 rings (SSSR count). The lowest BCUT2D eigenvalue weighted by Gasteiger charge is -2.25. The van der Waals surface area contributed by atoms with Crippen LogP contribution in [0.15, 0.2) is 18.2 Å². The van der Waals surface area contributed by atoms with Crippen molar-refractivity contribution in [2.24, 2.45) is 0 Å². The Balaban J connectivity index is 2.19. The SMILES string of the molecule is Nc1cc(Cl)cc(C(=O)N2CCCCO2)c1. The van der Waals surface area contributed by atoms with Gasteiger partial charge in [-0.05, 0) is 31.0 Å². The first-order valence-electron chi connectivity index (χ1n) is 5.17. The van der Waals surface area contributed by atoms with Gasteiger partial charge in [0.15, 0.2) is 0 Å². The van der Waals surface area contributed by atoms with E-state index in [9.17, 15) is 4.79 Å². The van der Waals surface area contributed by atoms with Crippen molar-refractivity contribution < 1.29 is 9.63 Å². The summed E-state index contributed by atoms with van der Waals surface area (Å²) in [7, 11) is 0. The monoisotopic (exact) mass is 240 g/mol. The normalized spacial score (nSPS) is 16.2. The van der Waals surface area contributed by atoms with Crippen LogP contribution in [-0.2, 0) is 4.84 Å². The van der Waals surface area contributed by atoms with Gasteiger partial charge in [0.25, 0.3) is 5.91 Å². The maximum absolute atomic E-state index is 12.0. The van der Waals surface area contributed by atoms with Crippen LogP contribution in [0.4, 0.5) is 5.69 Å². The van der Waals surface area contributed by atoms with Crippen molar-refractivity contribution in [2.45, 2.75) is 12.8 Å². The highest BCUT2D eigenvalue weighted by Gasteiger charge is 2.19. The lowest BCUT2D eigenvalue weighted by Crippen LogP contribution is -2.35. The summed E-state index contributed by atoms with van der Waals surface area (Å²) in [6, 6.07) is 4.81. The molecule has 16 heavy (non-hydrogen) atoms. The van der Waals surface area contributed by atoms with Gasteiger partial charge >= 0.3 is 0 Å². The molecule has 0 aromatic heterocycles. The molecule has 86 valence electrons.